The molecular weight excluding hydrogens is 815 g/mol. The molecule has 4 aromatic rings. The van der Waals surface area contributed by atoms with Crippen molar-refractivity contribution in [2.75, 3.05) is 23.7 Å². The Kier molecular flexibility index (Phi) is 11.3. The molecule has 1 unspecified atom stereocenters. The maximum atomic E-state index is 6.30. The SMILES string of the molecule is CC[C@H]1OC(Br)[C@@H]2OC(C)(C)O[C@H]12.CC[C@H]1O[C@@H](n2ccc3c(NCC4CC4)nc(Cl)nc32)[C@@H]2OC(C)(C)O[C@@H]21.Clc1nc(NCC2CC2)c2cc[nH]c2n1. The topological polar surface area (TPSA) is 152 Å². The molecule has 4 aromatic heterocycles. The standard InChI is InChI=1S/C19H25ClN4O3.C10H11ClN4.C9H15BrO3/c1-4-12-13-14(27-19(2,3)26-13)17(25-12)24-8-7-11-15(21-9-10-5-6-10)22-18(20)23-16(11)24;11-10-14-8-7(3-4-12-8)9(15-10)13-5-6-1-2-6;1-4-5-6-7(8(10)11-5)13-9(2,3)12-6/h7-8,10,12-14,17H,4-6,9H2,1-3H3,(H,21,22,23);3-4,6H,1-2,5H2,(H2,12,13,14,15);5-8H,4H2,1-3H3/t12-,13-,14-,17-;;5-,6-,7-,8?/m1.1/s1. The molecule has 2 aliphatic carbocycles. The van der Waals surface area contributed by atoms with Gasteiger partial charge in [0.1, 0.15) is 52.4 Å². The lowest BCUT2D eigenvalue weighted by molar-refractivity contribution is -0.196. The lowest BCUT2D eigenvalue weighted by atomic mass is 10.1. The zero-order chi connectivity index (χ0) is 38.6. The number of aromatic amines is 1. The number of alkyl halides is 1. The normalized spacial score (nSPS) is 31.4. The summed E-state index contributed by atoms with van der Waals surface area (Å²) in [5.74, 6) is 2.09. The zero-order valence-corrected chi connectivity index (χ0v) is 35.2. The zero-order valence-electron chi connectivity index (χ0n) is 32.1. The molecule has 6 aliphatic rings. The monoisotopic (exact) mass is 864 g/mol. The molecule has 55 heavy (non-hydrogen) atoms. The second-order valence-electron chi connectivity index (χ2n) is 16.1. The summed E-state index contributed by atoms with van der Waals surface area (Å²) in [7, 11) is 0. The van der Waals surface area contributed by atoms with Crippen LogP contribution in [-0.2, 0) is 28.4 Å². The minimum absolute atomic E-state index is 0.0102. The Hall–Kier alpha value is -2.34. The van der Waals surface area contributed by atoms with E-state index >= 15 is 0 Å². The summed E-state index contributed by atoms with van der Waals surface area (Å²) in [6, 6.07) is 3.97. The first-order chi connectivity index (χ1) is 26.3. The number of hydrogen-bond donors (Lipinski definition) is 3. The fraction of sp³-hybridized carbons (Fsp3) is 0.684. The number of nitrogens with zero attached hydrogens (tertiary/aromatic N) is 5. The second kappa shape index (κ2) is 15.8. The molecule has 6 fully saturated rings. The van der Waals surface area contributed by atoms with Gasteiger partial charge in [-0.05, 0) is 113 Å². The Bertz CT molecular complexity index is 1970. The van der Waals surface area contributed by atoms with Crippen molar-refractivity contribution in [3.05, 3.63) is 35.1 Å². The van der Waals surface area contributed by atoms with Crippen LogP contribution in [0.15, 0.2) is 24.5 Å². The Labute approximate surface area is 339 Å². The van der Waals surface area contributed by atoms with E-state index in [1.54, 1.807) is 0 Å². The average Bonchev–Trinajstić information content (AvgIpc) is 3.88. The van der Waals surface area contributed by atoms with Crippen molar-refractivity contribution in [3.8, 4) is 0 Å². The molecule has 8 heterocycles. The molecule has 300 valence electrons. The highest BCUT2D eigenvalue weighted by atomic mass is 79.9. The summed E-state index contributed by atoms with van der Waals surface area (Å²) in [4.78, 5) is 20.2. The number of anilines is 2. The van der Waals surface area contributed by atoms with E-state index in [0.29, 0.717) is 0 Å². The number of rotatable bonds is 9. The molecule has 0 bridgehead atoms. The molecule has 14 nitrogen and oxygen atoms in total. The summed E-state index contributed by atoms with van der Waals surface area (Å²) in [6.45, 7) is 13.9. The summed E-state index contributed by atoms with van der Waals surface area (Å²) in [6.07, 6.45) is 10.6. The summed E-state index contributed by atoms with van der Waals surface area (Å²) < 4.78 is 37.7. The van der Waals surface area contributed by atoms with E-state index < -0.39 is 11.6 Å². The largest absolute Gasteiger partial charge is 0.369 e. The number of H-pyrrole nitrogens is 1. The van der Waals surface area contributed by atoms with E-state index in [4.69, 9.17) is 51.6 Å². The fourth-order valence-corrected chi connectivity index (χ4v) is 8.71. The third-order valence-corrected chi connectivity index (χ3v) is 11.8. The van der Waals surface area contributed by atoms with Crippen LogP contribution in [0.2, 0.25) is 10.6 Å². The van der Waals surface area contributed by atoms with Gasteiger partial charge in [0.2, 0.25) is 10.6 Å². The van der Waals surface area contributed by atoms with Gasteiger partial charge < -0.3 is 48.6 Å². The van der Waals surface area contributed by atoms with Gasteiger partial charge in [-0.1, -0.05) is 29.8 Å². The summed E-state index contributed by atoms with van der Waals surface area (Å²) in [5, 5.41) is 9.18. The minimum atomic E-state index is -0.614. The Morgan fingerprint density at radius 1 is 0.745 bits per heavy atom. The molecule has 0 aromatic carbocycles. The van der Waals surface area contributed by atoms with Crippen molar-refractivity contribution in [3.63, 3.8) is 0 Å². The van der Waals surface area contributed by atoms with Gasteiger partial charge in [-0.3, -0.25) is 0 Å². The highest BCUT2D eigenvalue weighted by molar-refractivity contribution is 9.09. The van der Waals surface area contributed by atoms with E-state index in [1.165, 1.54) is 25.7 Å². The quantitative estimate of drug-likeness (QED) is 0.110. The van der Waals surface area contributed by atoms with Crippen LogP contribution < -0.4 is 10.6 Å². The lowest BCUT2D eigenvalue weighted by Crippen LogP contribution is -2.28. The number of fused-ring (bicyclic) bond motifs is 4. The molecule has 0 spiro atoms. The second-order valence-corrected chi connectivity index (χ2v) is 17.6. The van der Waals surface area contributed by atoms with Gasteiger partial charge in [0.05, 0.1) is 23.0 Å². The van der Waals surface area contributed by atoms with Crippen molar-refractivity contribution >= 4 is 72.8 Å². The van der Waals surface area contributed by atoms with Gasteiger partial charge in [0.15, 0.2) is 17.8 Å². The maximum Gasteiger partial charge on any atom is 0.226 e. The van der Waals surface area contributed by atoms with Crippen molar-refractivity contribution in [2.24, 2.45) is 11.8 Å². The van der Waals surface area contributed by atoms with E-state index in [2.05, 4.69) is 65.3 Å². The van der Waals surface area contributed by atoms with Gasteiger partial charge in [-0.15, -0.1) is 0 Å². The van der Waals surface area contributed by atoms with Gasteiger partial charge in [-0.25, -0.2) is 9.97 Å². The Morgan fingerprint density at radius 3 is 1.91 bits per heavy atom. The molecule has 10 rings (SSSR count). The van der Waals surface area contributed by atoms with Gasteiger partial charge >= 0.3 is 0 Å². The van der Waals surface area contributed by atoms with Crippen molar-refractivity contribution in [1.29, 1.82) is 0 Å². The fourth-order valence-electron chi connectivity index (χ4n) is 7.69. The first-order valence-electron chi connectivity index (χ1n) is 19.5. The van der Waals surface area contributed by atoms with E-state index in [1.807, 2.05) is 56.8 Å². The molecule has 4 saturated heterocycles. The number of halogens is 3. The predicted molar refractivity (Wildman–Crippen MR) is 214 cm³/mol. The molecule has 0 radical (unpaired) electrons. The molecule has 17 heteroatoms. The first kappa shape index (κ1) is 39.5. The Morgan fingerprint density at radius 2 is 1.29 bits per heavy atom. The molecule has 0 amide bonds. The van der Waals surface area contributed by atoms with Crippen molar-refractivity contribution in [1.82, 2.24) is 29.5 Å². The van der Waals surface area contributed by atoms with Gasteiger partial charge in [0, 0.05) is 25.5 Å². The molecule has 3 N–H and O–H groups in total. The number of aromatic nitrogens is 6. The van der Waals surface area contributed by atoms with Crippen LogP contribution in [0.25, 0.3) is 22.1 Å². The molecule has 8 atom stereocenters. The van der Waals surface area contributed by atoms with Crippen molar-refractivity contribution < 1.29 is 28.4 Å². The lowest BCUT2D eigenvalue weighted by Gasteiger charge is -2.24. The van der Waals surface area contributed by atoms with Crippen LogP contribution in [0.4, 0.5) is 11.6 Å². The van der Waals surface area contributed by atoms with Gasteiger partial charge in [0.25, 0.3) is 0 Å². The first-order valence-corrected chi connectivity index (χ1v) is 21.2. The summed E-state index contributed by atoms with van der Waals surface area (Å²) in [5.41, 5.74) is 1.54. The smallest absolute Gasteiger partial charge is 0.226 e. The van der Waals surface area contributed by atoms with E-state index in [0.717, 1.165) is 71.5 Å². The van der Waals surface area contributed by atoms with Crippen LogP contribution >= 0.6 is 39.1 Å². The van der Waals surface area contributed by atoms with Crippen LogP contribution in [0.5, 0.6) is 0 Å². The minimum Gasteiger partial charge on any atom is -0.369 e. The van der Waals surface area contributed by atoms with Crippen LogP contribution in [0.3, 0.4) is 0 Å². The number of hydrogen-bond acceptors (Lipinski definition) is 12. The average molecular weight is 867 g/mol. The molecular formula is C38H51BrCl2N8O6. The predicted octanol–water partition coefficient (Wildman–Crippen LogP) is 8.20. The third-order valence-electron chi connectivity index (χ3n) is 10.7. The van der Waals surface area contributed by atoms with Crippen LogP contribution in [-0.4, -0.2) is 95.8 Å². The van der Waals surface area contributed by atoms with Crippen LogP contribution in [0.1, 0.15) is 86.3 Å². The Balaban J connectivity index is 0.000000129. The molecule has 2 saturated carbocycles. The summed E-state index contributed by atoms with van der Waals surface area (Å²) >= 11 is 15.5. The number of nitrogens with one attached hydrogen (secondary N) is 3. The third kappa shape index (κ3) is 8.75. The maximum absolute atomic E-state index is 6.30. The van der Waals surface area contributed by atoms with E-state index in [-0.39, 0.29) is 58.4 Å². The van der Waals surface area contributed by atoms with Crippen molar-refractivity contribution in [2.45, 2.75) is 140 Å². The van der Waals surface area contributed by atoms with E-state index in [9.17, 15) is 0 Å². The van der Waals surface area contributed by atoms with Crippen LogP contribution in [0, 0.1) is 11.8 Å². The molecule has 4 aliphatic heterocycles. The highest BCUT2D eigenvalue weighted by Crippen LogP contribution is 2.45. The highest BCUT2D eigenvalue weighted by Gasteiger charge is 2.56. The van der Waals surface area contributed by atoms with Gasteiger partial charge in [-0.2, -0.15) is 9.97 Å². The number of ether oxygens (including phenoxy) is 6.